The number of benzene rings is 1. The first-order chi connectivity index (χ1) is 6.68. The SMILES string of the molecule is Cc1ccc(N)cc1-n1cn[nH]c1=O. The summed E-state index contributed by atoms with van der Waals surface area (Å²) in [6.07, 6.45) is 1.43. The van der Waals surface area contributed by atoms with E-state index in [-0.39, 0.29) is 5.69 Å². The Balaban J connectivity index is 2.68. The van der Waals surface area contributed by atoms with Crippen molar-refractivity contribution < 1.29 is 0 Å². The molecule has 0 atom stereocenters. The van der Waals surface area contributed by atoms with Gasteiger partial charge in [0.2, 0.25) is 0 Å². The fourth-order valence-electron chi connectivity index (χ4n) is 1.31. The van der Waals surface area contributed by atoms with Crippen molar-refractivity contribution in [2.75, 3.05) is 5.73 Å². The summed E-state index contributed by atoms with van der Waals surface area (Å²) < 4.78 is 1.42. The van der Waals surface area contributed by atoms with Crippen LogP contribution in [0.5, 0.6) is 0 Å². The lowest BCUT2D eigenvalue weighted by Gasteiger charge is -2.05. The molecule has 0 aliphatic rings. The Kier molecular flexibility index (Phi) is 1.85. The molecule has 2 aromatic rings. The van der Waals surface area contributed by atoms with E-state index < -0.39 is 0 Å². The Labute approximate surface area is 80.2 Å². The minimum Gasteiger partial charge on any atom is -0.399 e. The Morgan fingerprint density at radius 1 is 1.50 bits per heavy atom. The van der Waals surface area contributed by atoms with E-state index in [4.69, 9.17) is 5.73 Å². The Hall–Kier alpha value is -2.04. The molecule has 5 heteroatoms. The van der Waals surface area contributed by atoms with Crippen molar-refractivity contribution in [3.05, 3.63) is 40.6 Å². The number of hydrogen-bond donors (Lipinski definition) is 2. The molecule has 1 heterocycles. The highest BCUT2D eigenvalue weighted by Gasteiger charge is 2.04. The molecule has 1 aromatic heterocycles. The van der Waals surface area contributed by atoms with Gasteiger partial charge in [0.1, 0.15) is 6.33 Å². The van der Waals surface area contributed by atoms with Crippen LogP contribution < -0.4 is 11.4 Å². The lowest BCUT2D eigenvalue weighted by atomic mass is 10.2. The molecule has 14 heavy (non-hydrogen) atoms. The monoisotopic (exact) mass is 190 g/mol. The molecule has 0 spiro atoms. The minimum atomic E-state index is -0.265. The predicted molar refractivity (Wildman–Crippen MR) is 53.3 cm³/mol. The number of rotatable bonds is 1. The van der Waals surface area contributed by atoms with E-state index in [2.05, 4.69) is 10.2 Å². The molecule has 0 radical (unpaired) electrons. The van der Waals surface area contributed by atoms with Gasteiger partial charge in [-0.3, -0.25) is 0 Å². The van der Waals surface area contributed by atoms with Crippen molar-refractivity contribution in [3.63, 3.8) is 0 Å². The van der Waals surface area contributed by atoms with Crippen LogP contribution in [0, 0.1) is 6.92 Å². The van der Waals surface area contributed by atoms with Crippen LogP contribution in [0.15, 0.2) is 29.3 Å². The van der Waals surface area contributed by atoms with Gasteiger partial charge in [0, 0.05) is 5.69 Å². The maximum atomic E-state index is 11.3. The lowest BCUT2D eigenvalue weighted by molar-refractivity contribution is 0.973. The second-order valence-electron chi connectivity index (χ2n) is 3.08. The van der Waals surface area contributed by atoms with E-state index in [1.165, 1.54) is 10.9 Å². The largest absolute Gasteiger partial charge is 0.399 e. The Bertz CT molecular complexity index is 512. The normalized spacial score (nSPS) is 10.4. The molecule has 72 valence electrons. The molecule has 0 unspecified atom stereocenters. The van der Waals surface area contributed by atoms with Gasteiger partial charge < -0.3 is 5.73 Å². The fourth-order valence-corrected chi connectivity index (χ4v) is 1.31. The van der Waals surface area contributed by atoms with Crippen molar-refractivity contribution in [2.45, 2.75) is 6.92 Å². The van der Waals surface area contributed by atoms with Crippen molar-refractivity contribution >= 4 is 5.69 Å². The molecule has 0 amide bonds. The summed E-state index contributed by atoms with van der Waals surface area (Å²) in [4.78, 5) is 11.3. The minimum absolute atomic E-state index is 0.265. The van der Waals surface area contributed by atoms with E-state index in [9.17, 15) is 4.79 Å². The van der Waals surface area contributed by atoms with Crippen LogP contribution in [0.4, 0.5) is 5.69 Å². The second kappa shape index (κ2) is 3.02. The number of aromatic nitrogens is 3. The number of nitrogens with zero attached hydrogens (tertiary/aromatic N) is 2. The molecular formula is C9H10N4O. The van der Waals surface area contributed by atoms with Crippen LogP contribution >= 0.6 is 0 Å². The van der Waals surface area contributed by atoms with Crippen LogP contribution in [0.1, 0.15) is 5.56 Å². The zero-order valence-corrected chi connectivity index (χ0v) is 7.69. The molecule has 0 bridgehead atoms. The first-order valence-corrected chi connectivity index (χ1v) is 4.17. The summed E-state index contributed by atoms with van der Waals surface area (Å²) in [6.45, 7) is 1.91. The van der Waals surface area contributed by atoms with Gasteiger partial charge in [-0.25, -0.2) is 14.5 Å². The Morgan fingerprint density at radius 2 is 2.29 bits per heavy atom. The van der Waals surface area contributed by atoms with Crippen molar-refractivity contribution in [1.82, 2.24) is 14.8 Å². The third-order valence-corrected chi connectivity index (χ3v) is 2.04. The van der Waals surface area contributed by atoms with Crippen LogP contribution in [-0.4, -0.2) is 14.8 Å². The smallest absolute Gasteiger partial charge is 0.347 e. The highest BCUT2D eigenvalue weighted by Crippen LogP contribution is 2.14. The van der Waals surface area contributed by atoms with Gasteiger partial charge in [-0.15, -0.1) is 0 Å². The molecule has 2 rings (SSSR count). The lowest BCUT2D eigenvalue weighted by Crippen LogP contribution is -2.15. The quantitative estimate of drug-likeness (QED) is 0.641. The third-order valence-electron chi connectivity index (χ3n) is 2.04. The Morgan fingerprint density at radius 3 is 2.93 bits per heavy atom. The molecule has 0 saturated heterocycles. The summed E-state index contributed by atoms with van der Waals surface area (Å²) >= 11 is 0. The standard InChI is InChI=1S/C9H10N4O/c1-6-2-3-7(10)4-8(6)13-5-11-12-9(13)14/h2-5H,10H2,1H3,(H,12,14). The van der Waals surface area contributed by atoms with Gasteiger partial charge in [0.25, 0.3) is 0 Å². The molecule has 3 N–H and O–H groups in total. The predicted octanol–water partition coefficient (Wildman–Crippen LogP) is 0.451. The van der Waals surface area contributed by atoms with Gasteiger partial charge in [-0.2, -0.15) is 5.10 Å². The van der Waals surface area contributed by atoms with Crippen molar-refractivity contribution in [2.24, 2.45) is 0 Å². The van der Waals surface area contributed by atoms with Crippen LogP contribution in [0.2, 0.25) is 0 Å². The summed E-state index contributed by atoms with van der Waals surface area (Å²) in [5.41, 5.74) is 7.72. The summed E-state index contributed by atoms with van der Waals surface area (Å²) in [5.74, 6) is 0. The topological polar surface area (TPSA) is 76.7 Å². The molecule has 0 fully saturated rings. The summed E-state index contributed by atoms with van der Waals surface area (Å²) in [6, 6.07) is 5.40. The first kappa shape index (κ1) is 8.55. The number of nitrogens with two attached hydrogens (primary N) is 1. The summed E-state index contributed by atoms with van der Waals surface area (Å²) in [7, 11) is 0. The fraction of sp³-hybridized carbons (Fsp3) is 0.111. The number of nitrogen functional groups attached to an aromatic ring is 1. The van der Waals surface area contributed by atoms with E-state index in [0.29, 0.717) is 5.69 Å². The van der Waals surface area contributed by atoms with E-state index in [1.807, 2.05) is 13.0 Å². The number of anilines is 1. The van der Waals surface area contributed by atoms with Gasteiger partial charge in [-0.05, 0) is 24.6 Å². The van der Waals surface area contributed by atoms with Crippen molar-refractivity contribution in [1.29, 1.82) is 0 Å². The maximum absolute atomic E-state index is 11.3. The number of hydrogen-bond acceptors (Lipinski definition) is 3. The van der Waals surface area contributed by atoms with E-state index >= 15 is 0 Å². The highest BCUT2D eigenvalue weighted by molar-refractivity contribution is 5.51. The number of nitrogens with one attached hydrogen (secondary N) is 1. The maximum Gasteiger partial charge on any atom is 0.347 e. The zero-order chi connectivity index (χ0) is 10.1. The molecule has 1 aromatic carbocycles. The summed E-state index contributed by atoms with van der Waals surface area (Å²) in [5, 5.41) is 5.98. The average Bonchev–Trinajstić information content (AvgIpc) is 2.56. The van der Waals surface area contributed by atoms with Crippen LogP contribution in [-0.2, 0) is 0 Å². The first-order valence-electron chi connectivity index (χ1n) is 4.17. The van der Waals surface area contributed by atoms with E-state index in [0.717, 1.165) is 11.3 Å². The van der Waals surface area contributed by atoms with Gasteiger partial charge in [0.15, 0.2) is 0 Å². The van der Waals surface area contributed by atoms with Crippen LogP contribution in [0.25, 0.3) is 5.69 Å². The number of H-pyrrole nitrogens is 1. The molecule has 0 aliphatic carbocycles. The van der Waals surface area contributed by atoms with Crippen LogP contribution in [0.3, 0.4) is 0 Å². The highest BCUT2D eigenvalue weighted by atomic mass is 16.1. The number of aryl methyl sites for hydroxylation is 1. The average molecular weight is 190 g/mol. The molecular weight excluding hydrogens is 180 g/mol. The van der Waals surface area contributed by atoms with Crippen molar-refractivity contribution in [3.8, 4) is 5.69 Å². The zero-order valence-electron chi connectivity index (χ0n) is 7.69. The van der Waals surface area contributed by atoms with Gasteiger partial charge in [0.05, 0.1) is 5.69 Å². The molecule has 5 nitrogen and oxygen atoms in total. The van der Waals surface area contributed by atoms with Gasteiger partial charge >= 0.3 is 5.69 Å². The van der Waals surface area contributed by atoms with E-state index in [1.54, 1.807) is 12.1 Å². The number of aromatic amines is 1. The molecule has 0 aliphatic heterocycles. The van der Waals surface area contributed by atoms with Gasteiger partial charge in [-0.1, -0.05) is 6.07 Å². The third kappa shape index (κ3) is 1.28. The second-order valence-corrected chi connectivity index (χ2v) is 3.08. The molecule has 0 saturated carbocycles.